The molecule has 0 rings (SSSR count). The molecule has 0 aliphatic carbocycles. The Balaban J connectivity index is 3.47. The van der Waals surface area contributed by atoms with Gasteiger partial charge < -0.3 is 4.90 Å². The molecule has 2 heteroatoms. The van der Waals surface area contributed by atoms with Gasteiger partial charge in [-0.05, 0) is 12.8 Å². The van der Waals surface area contributed by atoms with Crippen LogP contribution in [0.25, 0.3) is 0 Å². The standard InChI is InChI=1S/C9H18NO/c1-4-6-7-9(11)10(3)8-5-2/h1,4-8H2,2-3H3. The first kappa shape index (κ1) is 10.5. The number of amides is 1. The van der Waals surface area contributed by atoms with E-state index in [1.54, 1.807) is 4.90 Å². The van der Waals surface area contributed by atoms with Crippen molar-refractivity contribution in [2.75, 3.05) is 13.6 Å². The summed E-state index contributed by atoms with van der Waals surface area (Å²) in [5.41, 5.74) is 0. The van der Waals surface area contributed by atoms with Crippen LogP contribution >= 0.6 is 0 Å². The first-order chi connectivity index (χ1) is 5.22. The Hall–Kier alpha value is -0.530. The normalized spacial score (nSPS) is 9.73. The Labute approximate surface area is 69.6 Å². The summed E-state index contributed by atoms with van der Waals surface area (Å²) in [4.78, 5) is 13.0. The number of rotatable bonds is 5. The van der Waals surface area contributed by atoms with E-state index >= 15 is 0 Å². The largest absolute Gasteiger partial charge is 0.346 e. The van der Waals surface area contributed by atoms with Crippen LogP contribution in [0.4, 0.5) is 0 Å². The van der Waals surface area contributed by atoms with Crippen LogP contribution in [-0.2, 0) is 4.79 Å². The maximum Gasteiger partial charge on any atom is 0.222 e. The third kappa shape index (κ3) is 4.82. The van der Waals surface area contributed by atoms with Crippen molar-refractivity contribution in [1.82, 2.24) is 4.90 Å². The zero-order valence-corrected chi connectivity index (χ0v) is 7.60. The summed E-state index contributed by atoms with van der Waals surface area (Å²) in [6, 6.07) is 0. The third-order valence-corrected chi connectivity index (χ3v) is 1.63. The molecule has 0 aliphatic rings. The minimum atomic E-state index is 0.246. The molecule has 1 amide bonds. The van der Waals surface area contributed by atoms with Gasteiger partial charge in [0.05, 0.1) is 0 Å². The predicted molar refractivity (Wildman–Crippen MR) is 47.1 cm³/mol. The zero-order chi connectivity index (χ0) is 8.69. The highest BCUT2D eigenvalue weighted by molar-refractivity contribution is 5.75. The number of carbonyl (C=O) groups excluding carboxylic acids is 1. The highest BCUT2D eigenvalue weighted by Crippen LogP contribution is 1.98. The lowest BCUT2D eigenvalue weighted by molar-refractivity contribution is -0.130. The molecule has 0 saturated heterocycles. The molecule has 0 aliphatic heterocycles. The lowest BCUT2D eigenvalue weighted by atomic mass is 10.2. The van der Waals surface area contributed by atoms with Crippen LogP contribution in [0.3, 0.4) is 0 Å². The van der Waals surface area contributed by atoms with Gasteiger partial charge in [-0.1, -0.05) is 20.3 Å². The number of carbonyl (C=O) groups is 1. The van der Waals surface area contributed by atoms with Crippen LogP contribution in [-0.4, -0.2) is 24.4 Å². The average molecular weight is 156 g/mol. The summed E-state index contributed by atoms with van der Waals surface area (Å²) in [5, 5.41) is 0. The predicted octanol–water partition coefficient (Wildman–Crippen LogP) is 1.86. The van der Waals surface area contributed by atoms with Crippen LogP contribution in [0.15, 0.2) is 0 Å². The van der Waals surface area contributed by atoms with Gasteiger partial charge >= 0.3 is 0 Å². The molecule has 0 aromatic carbocycles. The van der Waals surface area contributed by atoms with E-state index in [9.17, 15) is 4.79 Å². The molecule has 0 spiro atoms. The van der Waals surface area contributed by atoms with Crippen molar-refractivity contribution in [3.05, 3.63) is 6.92 Å². The van der Waals surface area contributed by atoms with E-state index in [0.29, 0.717) is 6.42 Å². The van der Waals surface area contributed by atoms with Gasteiger partial charge in [0, 0.05) is 20.0 Å². The fraction of sp³-hybridized carbons (Fsp3) is 0.778. The van der Waals surface area contributed by atoms with Crippen LogP contribution in [0.5, 0.6) is 0 Å². The third-order valence-electron chi connectivity index (χ3n) is 1.63. The minimum Gasteiger partial charge on any atom is -0.346 e. The van der Waals surface area contributed by atoms with Crippen molar-refractivity contribution >= 4 is 5.91 Å². The Kier molecular flexibility index (Phi) is 5.90. The highest BCUT2D eigenvalue weighted by atomic mass is 16.2. The molecule has 0 aromatic heterocycles. The monoisotopic (exact) mass is 156 g/mol. The van der Waals surface area contributed by atoms with Crippen molar-refractivity contribution < 1.29 is 4.79 Å². The summed E-state index contributed by atoms with van der Waals surface area (Å²) in [6.07, 6.45) is 3.45. The van der Waals surface area contributed by atoms with Gasteiger partial charge in [0.2, 0.25) is 5.91 Å². The number of unbranched alkanes of at least 4 members (excludes halogenated alkanes) is 1. The van der Waals surface area contributed by atoms with Gasteiger partial charge in [0.1, 0.15) is 0 Å². The molecule has 0 aromatic rings. The van der Waals surface area contributed by atoms with Crippen molar-refractivity contribution in [3.63, 3.8) is 0 Å². The van der Waals surface area contributed by atoms with Gasteiger partial charge in [-0.15, -0.1) is 0 Å². The number of hydrogen-bond donors (Lipinski definition) is 0. The van der Waals surface area contributed by atoms with E-state index in [0.717, 1.165) is 25.8 Å². The van der Waals surface area contributed by atoms with Crippen LogP contribution in [0, 0.1) is 6.92 Å². The Morgan fingerprint density at radius 3 is 2.64 bits per heavy atom. The van der Waals surface area contributed by atoms with Crippen molar-refractivity contribution in [2.24, 2.45) is 0 Å². The molecule has 0 unspecified atom stereocenters. The highest BCUT2D eigenvalue weighted by Gasteiger charge is 2.05. The quantitative estimate of drug-likeness (QED) is 0.595. The van der Waals surface area contributed by atoms with Crippen LogP contribution in [0.1, 0.15) is 32.6 Å². The Morgan fingerprint density at radius 2 is 2.18 bits per heavy atom. The van der Waals surface area contributed by atoms with E-state index in [4.69, 9.17) is 0 Å². The molecule has 0 bridgehead atoms. The van der Waals surface area contributed by atoms with Crippen LogP contribution in [0.2, 0.25) is 0 Å². The first-order valence-electron chi connectivity index (χ1n) is 4.25. The maximum absolute atomic E-state index is 11.2. The summed E-state index contributed by atoms with van der Waals surface area (Å²) in [6.45, 7) is 6.64. The molecule has 0 fully saturated rings. The molecule has 1 radical (unpaired) electrons. The zero-order valence-electron chi connectivity index (χ0n) is 7.60. The summed E-state index contributed by atoms with van der Waals surface area (Å²) < 4.78 is 0. The second-order valence-corrected chi connectivity index (χ2v) is 2.77. The molecule has 11 heavy (non-hydrogen) atoms. The second kappa shape index (κ2) is 6.20. The number of nitrogens with zero attached hydrogens (tertiary/aromatic N) is 1. The summed E-state index contributed by atoms with van der Waals surface area (Å²) in [7, 11) is 1.86. The fourth-order valence-electron chi connectivity index (χ4n) is 0.927. The summed E-state index contributed by atoms with van der Waals surface area (Å²) in [5.74, 6) is 0.246. The lowest BCUT2D eigenvalue weighted by Gasteiger charge is -2.15. The Morgan fingerprint density at radius 1 is 1.55 bits per heavy atom. The van der Waals surface area contributed by atoms with Crippen molar-refractivity contribution in [3.8, 4) is 0 Å². The minimum absolute atomic E-state index is 0.246. The van der Waals surface area contributed by atoms with Crippen molar-refractivity contribution in [2.45, 2.75) is 32.6 Å². The van der Waals surface area contributed by atoms with E-state index in [1.165, 1.54) is 0 Å². The van der Waals surface area contributed by atoms with E-state index < -0.39 is 0 Å². The molecular weight excluding hydrogens is 138 g/mol. The SMILES string of the molecule is [CH2]CCCC(=O)N(C)CCC. The lowest BCUT2D eigenvalue weighted by Crippen LogP contribution is -2.26. The Bertz CT molecular complexity index is 112. The topological polar surface area (TPSA) is 20.3 Å². The summed E-state index contributed by atoms with van der Waals surface area (Å²) >= 11 is 0. The molecule has 65 valence electrons. The molecule has 0 atom stereocenters. The molecule has 0 heterocycles. The fourth-order valence-corrected chi connectivity index (χ4v) is 0.927. The van der Waals surface area contributed by atoms with Crippen LogP contribution < -0.4 is 0 Å². The van der Waals surface area contributed by atoms with E-state index in [-0.39, 0.29) is 5.91 Å². The number of hydrogen-bond acceptors (Lipinski definition) is 1. The smallest absolute Gasteiger partial charge is 0.222 e. The van der Waals surface area contributed by atoms with Gasteiger partial charge in [0.25, 0.3) is 0 Å². The van der Waals surface area contributed by atoms with E-state index in [2.05, 4.69) is 13.8 Å². The molecule has 0 N–H and O–H groups in total. The van der Waals surface area contributed by atoms with Gasteiger partial charge in [-0.3, -0.25) is 4.79 Å². The molecule has 2 nitrogen and oxygen atoms in total. The first-order valence-corrected chi connectivity index (χ1v) is 4.25. The van der Waals surface area contributed by atoms with Gasteiger partial charge in [0.15, 0.2) is 0 Å². The van der Waals surface area contributed by atoms with Gasteiger partial charge in [-0.2, -0.15) is 0 Å². The average Bonchev–Trinajstić information content (AvgIpc) is 2.00. The second-order valence-electron chi connectivity index (χ2n) is 2.77. The maximum atomic E-state index is 11.2. The van der Waals surface area contributed by atoms with Gasteiger partial charge in [-0.25, -0.2) is 0 Å². The van der Waals surface area contributed by atoms with Crippen molar-refractivity contribution in [1.29, 1.82) is 0 Å². The molecular formula is C9H18NO. The molecule has 0 saturated carbocycles. The van der Waals surface area contributed by atoms with E-state index in [1.807, 2.05) is 7.05 Å².